The van der Waals surface area contributed by atoms with E-state index in [1.165, 1.54) is 26.3 Å². The molecule has 8 nitrogen and oxygen atoms in total. The van der Waals surface area contributed by atoms with Crippen molar-refractivity contribution >= 4 is 11.9 Å². The second-order valence-corrected chi connectivity index (χ2v) is 8.75. The molecule has 166 valence electrons. The summed E-state index contributed by atoms with van der Waals surface area (Å²) in [5, 5.41) is 22.9. The maximum absolute atomic E-state index is 12.9. The van der Waals surface area contributed by atoms with Gasteiger partial charge < -0.3 is 25.0 Å². The first-order valence-electron chi connectivity index (χ1n) is 10.7. The van der Waals surface area contributed by atoms with E-state index in [9.17, 15) is 19.8 Å². The Kier molecular flexibility index (Phi) is 6.85. The molecule has 1 amide bonds. The van der Waals surface area contributed by atoms with E-state index in [1.807, 2.05) is 6.92 Å². The molecule has 3 N–H and O–H groups in total. The minimum atomic E-state index is -1.59. The SMILES string of the molecule is COc1ccnc(C(=O)N[C@](C)(C(=O)O)[C@H](C)[C@H](OCC2CC2)C2CCCC2)c1O. The lowest BCUT2D eigenvalue weighted by Crippen LogP contribution is -2.60. The van der Waals surface area contributed by atoms with Gasteiger partial charge in [-0.1, -0.05) is 19.8 Å². The lowest BCUT2D eigenvalue weighted by Gasteiger charge is -2.39. The average molecular weight is 421 g/mol. The Hall–Kier alpha value is -2.35. The summed E-state index contributed by atoms with van der Waals surface area (Å²) in [6.07, 6.45) is 7.59. The summed E-state index contributed by atoms with van der Waals surface area (Å²) < 4.78 is 11.3. The molecule has 2 fully saturated rings. The Morgan fingerprint density at radius 3 is 2.53 bits per heavy atom. The van der Waals surface area contributed by atoms with E-state index < -0.39 is 29.1 Å². The summed E-state index contributed by atoms with van der Waals surface area (Å²) in [6, 6.07) is 1.42. The van der Waals surface area contributed by atoms with E-state index in [-0.39, 0.29) is 23.5 Å². The van der Waals surface area contributed by atoms with Crippen LogP contribution in [0.4, 0.5) is 0 Å². The number of methoxy groups -OCH3 is 1. The van der Waals surface area contributed by atoms with Crippen LogP contribution in [0, 0.1) is 17.8 Å². The number of ether oxygens (including phenoxy) is 2. The van der Waals surface area contributed by atoms with Crippen LogP contribution in [-0.4, -0.2) is 52.4 Å². The number of carboxylic acids is 1. The minimum Gasteiger partial charge on any atom is -0.503 e. The van der Waals surface area contributed by atoms with Crippen LogP contribution in [0.2, 0.25) is 0 Å². The number of aromatic hydroxyl groups is 1. The molecular weight excluding hydrogens is 388 g/mol. The first-order valence-corrected chi connectivity index (χ1v) is 10.7. The van der Waals surface area contributed by atoms with Gasteiger partial charge in [-0.2, -0.15) is 0 Å². The monoisotopic (exact) mass is 420 g/mol. The van der Waals surface area contributed by atoms with Gasteiger partial charge in [0.05, 0.1) is 13.2 Å². The van der Waals surface area contributed by atoms with Gasteiger partial charge in [-0.05, 0) is 44.4 Å². The summed E-state index contributed by atoms with van der Waals surface area (Å²) in [5.74, 6) is -1.89. The molecule has 2 aliphatic carbocycles. The van der Waals surface area contributed by atoms with Crippen molar-refractivity contribution in [3.8, 4) is 11.5 Å². The van der Waals surface area contributed by atoms with Crippen LogP contribution in [-0.2, 0) is 9.53 Å². The van der Waals surface area contributed by atoms with Crippen molar-refractivity contribution in [1.82, 2.24) is 10.3 Å². The second kappa shape index (κ2) is 9.20. The zero-order valence-corrected chi connectivity index (χ0v) is 17.9. The van der Waals surface area contributed by atoms with Gasteiger partial charge in [0, 0.05) is 24.8 Å². The molecule has 0 aromatic carbocycles. The number of amides is 1. The van der Waals surface area contributed by atoms with Crippen molar-refractivity contribution in [1.29, 1.82) is 0 Å². The Bertz CT molecular complexity index is 775. The highest BCUT2D eigenvalue weighted by atomic mass is 16.5. The molecule has 3 atom stereocenters. The lowest BCUT2D eigenvalue weighted by molar-refractivity contribution is -0.150. The Morgan fingerprint density at radius 1 is 1.30 bits per heavy atom. The van der Waals surface area contributed by atoms with Crippen molar-refractivity contribution in [3.05, 3.63) is 18.0 Å². The Morgan fingerprint density at radius 2 is 1.97 bits per heavy atom. The molecular formula is C22H32N2O6. The second-order valence-electron chi connectivity index (χ2n) is 8.75. The van der Waals surface area contributed by atoms with Crippen molar-refractivity contribution < 1.29 is 29.3 Å². The van der Waals surface area contributed by atoms with E-state index >= 15 is 0 Å². The van der Waals surface area contributed by atoms with Crippen LogP contribution in [0.1, 0.15) is 62.9 Å². The van der Waals surface area contributed by atoms with Gasteiger partial charge in [-0.15, -0.1) is 0 Å². The van der Waals surface area contributed by atoms with Crippen LogP contribution >= 0.6 is 0 Å². The van der Waals surface area contributed by atoms with Crippen LogP contribution < -0.4 is 10.1 Å². The first kappa shape index (κ1) is 22.3. The number of rotatable bonds is 10. The third-order valence-electron chi connectivity index (χ3n) is 6.63. The number of pyridine rings is 1. The fourth-order valence-corrected chi connectivity index (χ4v) is 4.26. The van der Waals surface area contributed by atoms with Gasteiger partial charge in [0.2, 0.25) is 0 Å². The third kappa shape index (κ3) is 4.69. The highest BCUT2D eigenvalue weighted by Gasteiger charge is 2.48. The molecule has 0 aliphatic heterocycles. The molecule has 3 rings (SSSR count). The summed E-state index contributed by atoms with van der Waals surface area (Å²) in [4.78, 5) is 29.1. The molecule has 0 unspecified atom stereocenters. The van der Waals surface area contributed by atoms with Crippen molar-refractivity contribution in [2.24, 2.45) is 17.8 Å². The van der Waals surface area contributed by atoms with Crippen LogP contribution in [0.15, 0.2) is 12.3 Å². The van der Waals surface area contributed by atoms with E-state index in [0.29, 0.717) is 12.5 Å². The van der Waals surface area contributed by atoms with Gasteiger partial charge in [-0.3, -0.25) is 4.79 Å². The molecule has 2 saturated carbocycles. The van der Waals surface area contributed by atoms with Gasteiger partial charge >= 0.3 is 5.97 Å². The molecule has 0 spiro atoms. The summed E-state index contributed by atoms with van der Waals surface area (Å²) >= 11 is 0. The number of hydrogen-bond donors (Lipinski definition) is 3. The highest BCUT2D eigenvalue weighted by Crippen LogP contribution is 2.39. The van der Waals surface area contributed by atoms with Crippen LogP contribution in [0.3, 0.4) is 0 Å². The average Bonchev–Trinajstić information content (AvgIpc) is 3.39. The Balaban J connectivity index is 1.83. The predicted molar refractivity (Wildman–Crippen MR) is 110 cm³/mol. The summed E-state index contributed by atoms with van der Waals surface area (Å²) in [6.45, 7) is 3.95. The van der Waals surface area contributed by atoms with E-state index in [4.69, 9.17) is 9.47 Å². The zero-order chi connectivity index (χ0) is 21.9. The maximum atomic E-state index is 12.9. The Labute approximate surface area is 177 Å². The third-order valence-corrected chi connectivity index (χ3v) is 6.63. The molecule has 30 heavy (non-hydrogen) atoms. The predicted octanol–water partition coefficient (Wildman–Crippen LogP) is 2.99. The summed E-state index contributed by atoms with van der Waals surface area (Å²) in [7, 11) is 1.36. The fourth-order valence-electron chi connectivity index (χ4n) is 4.26. The van der Waals surface area contributed by atoms with Gasteiger partial charge in [0.25, 0.3) is 5.91 Å². The van der Waals surface area contributed by atoms with Crippen LogP contribution in [0.5, 0.6) is 11.5 Å². The molecule has 1 aromatic heterocycles. The van der Waals surface area contributed by atoms with Gasteiger partial charge in [0.1, 0.15) is 5.54 Å². The smallest absolute Gasteiger partial charge is 0.329 e. The number of hydrogen-bond acceptors (Lipinski definition) is 6. The normalized spacial score (nSPS) is 20.9. The molecule has 2 aliphatic rings. The van der Waals surface area contributed by atoms with E-state index in [0.717, 1.165) is 38.5 Å². The molecule has 1 heterocycles. The number of carboxylic acid groups (broad SMARTS) is 1. The number of aliphatic carboxylic acids is 1. The first-order chi connectivity index (χ1) is 14.3. The quantitative estimate of drug-likeness (QED) is 0.532. The topological polar surface area (TPSA) is 118 Å². The molecule has 0 bridgehead atoms. The molecule has 0 saturated heterocycles. The van der Waals surface area contributed by atoms with E-state index in [1.54, 1.807) is 0 Å². The van der Waals surface area contributed by atoms with Crippen molar-refractivity contribution in [2.75, 3.05) is 13.7 Å². The minimum absolute atomic E-state index is 0.0943. The summed E-state index contributed by atoms with van der Waals surface area (Å²) in [5.41, 5.74) is -1.87. The zero-order valence-electron chi connectivity index (χ0n) is 17.9. The number of carbonyl (C=O) groups excluding carboxylic acids is 1. The molecule has 8 heteroatoms. The fraction of sp³-hybridized carbons (Fsp3) is 0.682. The van der Waals surface area contributed by atoms with Crippen molar-refractivity contribution in [3.63, 3.8) is 0 Å². The molecule has 0 radical (unpaired) electrons. The number of nitrogens with zero attached hydrogens (tertiary/aromatic N) is 1. The molecule has 1 aromatic rings. The van der Waals surface area contributed by atoms with Gasteiger partial charge in [0.15, 0.2) is 17.2 Å². The van der Waals surface area contributed by atoms with Crippen molar-refractivity contribution in [2.45, 2.75) is 64.0 Å². The lowest BCUT2D eigenvalue weighted by atomic mass is 9.77. The number of aromatic nitrogens is 1. The van der Waals surface area contributed by atoms with Gasteiger partial charge in [-0.25, -0.2) is 9.78 Å². The largest absolute Gasteiger partial charge is 0.503 e. The highest BCUT2D eigenvalue weighted by molar-refractivity contribution is 5.98. The maximum Gasteiger partial charge on any atom is 0.329 e. The number of carbonyl (C=O) groups is 2. The van der Waals surface area contributed by atoms with E-state index in [2.05, 4.69) is 10.3 Å². The number of nitrogens with one attached hydrogen (secondary N) is 1. The standard InChI is InChI=1S/C22H32N2O6/c1-13(19(15-6-4-5-7-15)30-12-14-8-9-14)22(2,21(27)28)24-20(26)17-18(25)16(29-3)10-11-23-17/h10-11,13-15,19,25H,4-9,12H2,1-3H3,(H,24,26)(H,27,28)/t13-,19+,22+/m1/s1. The van der Waals surface area contributed by atoms with Crippen LogP contribution in [0.25, 0.3) is 0 Å².